The Bertz CT molecular complexity index is 1060. The molecule has 0 saturated carbocycles. The average molecular weight is 485 g/mol. The Kier molecular flexibility index (Phi) is 8.64. The van der Waals surface area contributed by atoms with Crippen molar-refractivity contribution in [2.24, 2.45) is 0 Å². The lowest BCUT2D eigenvalue weighted by Crippen LogP contribution is -2.37. The molecule has 1 N–H and O–H groups in total. The van der Waals surface area contributed by atoms with Gasteiger partial charge >= 0.3 is 6.09 Å². The summed E-state index contributed by atoms with van der Waals surface area (Å²) in [5, 5.41) is 9.66. The van der Waals surface area contributed by atoms with E-state index in [0.29, 0.717) is 13.1 Å². The molecular formula is C24H29BrN4O2. The van der Waals surface area contributed by atoms with Crippen molar-refractivity contribution in [1.82, 2.24) is 14.9 Å². The third-order valence-electron chi connectivity index (χ3n) is 4.23. The van der Waals surface area contributed by atoms with Crippen LogP contribution in [-0.4, -0.2) is 33.1 Å². The van der Waals surface area contributed by atoms with Crippen molar-refractivity contribution in [3.8, 4) is 17.3 Å². The summed E-state index contributed by atoms with van der Waals surface area (Å²) < 4.78 is 6.58. The number of fused-ring (bicyclic) bond motifs is 1. The molecule has 0 unspecified atom stereocenters. The van der Waals surface area contributed by atoms with Gasteiger partial charge in [-0.05, 0) is 56.2 Å². The molecule has 6 nitrogen and oxygen atoms in total. The molecule has 0 atom stereocenters. The normalized spacial score (nSPS) is 10.7. The van der Waals surface area contributed by atoms with Crippen molar-refractivity contribution < 1.29 is 9.53 Å². The first-order valence-electron chi connectivity index (χ1n) is 10.2. The van der Waals surface area contributed by atoms with Gasteiger partial charge < -0.3 is 14.6 Å². The molecule has 164 valence electrons. The minimum Gasteiger partial charge on any atom is -0.444 e. The number of hydrogen-bond donors (Lipinski definition) is 1. The molecule has 31 heavy (non-hydrogen) atoms. The monoisotopic (exact) mass is 484 g/mol. The maximum Gasteiger partial charge on any atom is 0.410 e. The van der Waals surface area contributed by atoms with E-state index in [-0.39, 0.29) is 6.09 Å². The fraction of sp³-hybridized carbons (Fsp3) is 0.375. The second-order valence-electron chi connectivity index (χ2n) is 8.08. The second-order valence-corrected chi connectivity index (χ2v) is 8.99. The Morgan fingerprint density at radius 2 is 1.87 bits per heavy atom. The molecule has 0 aliphatic rings. The topological polar surface area (TPSA) is 82.0 Å². The van der Waals surface area contributed by atoms with Crippen LogP contribution in [0, 0.1) is 11.3 Å². The number of nitrogens with one attached hydrogen (secondary N) is 1. The van der Waals surface area contributed by atoms with Crippen LogP contribution < -0.4 is 0 Å². The molecule has 0 aliphatic heterocycles. The standard InChI is InChI=1S/C22H26BrN3O2.C2H3N/c1-5-10-26(21(27)28-22(2,3)4)14-20-24-13-19(25-20)17-7-6-16-12-18(23)9-8-15(16)11-17;1-2-3/h6-9,11-13H,5,10,14H2,1-4H3,(H,24,25);1H3. The molecule has 3 rings (SSSR count). The summed E-state index contributed by atoms with van der Waals surface area (Å²) >= 11 is 3.51. The van der Waals surface area contributed by atoms with Crippen LogP contribution in [0.5, 0.6) is 0 Å². The van der Waals surface area contributed by atoms with Gasteiger partial charge in [0.05, 0.1) is 24.5 Å². The van der Waals surface area contributed by atoms with Gasteiger partial charge in [0.25, 0.3) is 0 Å². The number of halogens is 1. The summed E-state index contributed by atoms with van der Waals surface area (Å²) in [5.41, 5.74) is 1.48. The van der Waals surface area contributed by atoms with E-state index in [0.717, 1.165) is 28.0 Å². The highest BCUT2D eigenvalue weighted by Gasteiger charge is 2.22. The number of nitrogens with zero attached hydrogens (tertiary/aromatic N) is 3. The predicted octanol–water partition coefficient (Wildman–Crippen LogP) is 6.67. The number of carbonyl (C=O) groups excluding carboxylic acids is 1. The Morgan fingerprint density at radius 1 is 1.23 bits per heavy atom. The summed E-state index contributed by atoms with van der Waals surface area (Å²) in [6, 6.07) is 14.3. The van der Waals surface area contributed by atoms with Gasteiger partial charge in [-0.3, -0.25) is 0 Å². The molecule has 0 aliphatic carbocycles. The van der Waals surface area contributed by atoms with E-state index in [1.807, 2.05) is 40.0 Å². The van der Waals surface area contributed by atoms with E-state index >= 15 is 0 Å². The lowest BCUT2D eigenvalue weighted by Gasteiger charge is -2.26. The number of rotatable bonds is 5. The number of amides is 1. The quantitative estimate of drug-likeness (QED) is 0.438. The van der Waals surface area contributed by atoms with Gasteiger partial charge in [-0.1, -0.05) is 41.1 Å². The zero-order valence-corrected chi connectivity index (χ0v) is 20.3. The number of nitriles is 1. The third kappa shape index (κ3) is 7.41. The lowest BCUT2D eigenvalue weighted by atomic mass is 10.1. The van der Waals surface area contributed by atoms with Crippen LogP contribution in [0.1, 0.15) is 46.9 Å². The van der Waals surface area contributed by atoms with Crippen LogP contribution in [0.15, 0.2) is 47.1 Å². The molecule has 1 amide bonds. The molecule has 7 heteroatoms. The number of ether oxygens (including phenoxy) is 1. The number of aromatic nitrogens is 2. The first kappa shape index (κ1) is 24.4. The molecule has 2 aromatic carbocycles. The van der Waals surface area contributed by atoms with Gasteiger partial charge in [0.1, 0.15) is 11.4 Å². The highest BCUT2D eigenvalue weighted by atomic mass is 79.9. The zero-order chi connectivity index (χ0) is 23.0. The highest BCUT2D eigenvalue weighted by molar-refractivity contribution is 9.10. The van der Waals surface area contributed by atoms with Crippen LogP contribution in [0.2, 0.25) is 0 Å². The van der Waals surface area contributed by atoms with Crippen LogP contribution in [0.25, 0.3) is 22.0 Å². The summed E-state index contributed by atoms with van der Waals surface area (Å²) in [6.45, 7) is 10.1. The van der Waals surface area contributed by atoms with Crippen molar-refractivity contribution in [1.29, 1.82) is 5.26 Å². The Balaban J connectivity index is 0.00000107. The molecule has 3 aromatic rings. The van der Waals surface area contributed by atoms with Gasteiger partial charge in [-0.25, -0.2) is 9.78 Å². The van der Waals surface area contributed by atoms with E-state index in [9.17, 15) is 4.79 Å². The molecule has 0 radical (unpaired) electrons. The number of carbonyl (C=O) groups is 1. The number of H-pyrrole nitrogens is 1. The minimum absolute atomic E-state index is 0.316. The van der Waals surface area contributed by atoms with Crippen LogP contribution in [0.3, 0.4) is 0 Å². The first-order valence-corrected chi connectivity index (χ1v) is 11.0. The summed E-state index contributed by atoms with van der Waals surface area (Å²) in [4.78, 5) is 22.0. The van der Waals surface area contributed by atoms with Gasteiger partial charge in [0.2, 0.25) is 0 Å². The van der Waals surface area contributed by atoms with E-state index < -0.39 is 5.60 Å². The van der Waals surface area contributed by atoms with Crippen molar-refractivity contribution in [2.45, 2.75) is 53.2 Å². The zero-order valence-electron chi connectivity index (χ0n) is 18.7. The number of aromatic amines is 1. The van der Waals surface area contributed by atoms with E-state index in [1.165, 1.54) is 17.7 Å². The molecule has 0 fully saturated rings. The fourth-order valence-electron chi connectivity index (χ4n) is 2.99. The SMILES string of the molecule is CC#N.CCCN(Cc1ncc(-c2ccc3cc(Br)ccc3c2)[nH]1)C(=O)OC(C)(C)C. The fourth-order valence-corrected chi connectivity index (χ4v) is 3.36. The smallest absolute Gasteiger partial charge is 0.410 e. The summed E-state index contributed by atoms with van der Waals surface area (Å²) in [6.07, 6.45) is 2.35. The second kappa shape index (κ2) is 11.0. The maximum atomic E-state index is 12.5. The summed E-state index contributed by atoms with van der Waals surface area (Å²) in [5.74, 6) is 0.741. The van der Waals surface area contributed by atoms with E-state index in [1.54, 1.807) is 11.0 Å². The Hall–Kier alpha value is -2.85. The van der Waals surface area contributed by atoms with Crippen molar-refractivity contribution in [2.75, 3.05) is 6.54 Å². The number of benzene rings is 2. The lowest BCUT2D eigenvalue weighted by molar-refractivity contribution is 0.0229. The van der Waals surface area contributed by atoms with Gasteiger partial charge in [0.15, 0.2) is 0 Å². The maximum absolute atomic E-state index is 12.5. The molecule has 0 spiro atoms. The third-order valence-corrected chi connectivity index (χ3v) is 4.72. The van der Waals surface area contributed by atoms with E-state index in [4.69, 9.17) is 10.00 Å². The number of imidazole rings is 1. The predicted molar refractivity (Wildman–Crippen MR) is 127 cm³/mol. The van der Waals surface area contributed by atoms with Crippen LogP contribution in [0.4, 0.5) is 4.79 Å². The highest BCUT2D eigenvalue weighted by Crippen LogP contribution is 2.26. The molecule has 0 saturated heterocycles. The van der Waals surface area contributed by atoms with Crippen molar-refractivity contribution in [3.05, 3.63) is 52.9 Å². The molecule has 1 heterocycles. The first-order chi connectivity index (χ1) is 14.7. The van der Waals surface area contributed by atoms with Crippen molar-refractivity contribution >= 4 is 32.8 Å². The van der Waals surface area contributed by atoms with Gasteiger partial charge in [-0.2, -0.15) is 5.26 Å². The molecule has 1 aromatic heterocycles. The largest absolute Gasteiger partial charge is 0.444 e. The number of hydrogen-bond acceptors (Lipinski definition) is 4. The van der Waals surface area contributed by atoms with Crippen LogP contribution >= 0.6 is 15.9 Å². The average Bonchev–Trinajstić information content (AvgIpc) is 3.15. The van der Waals surface area contributed by atoms with Crippen LogP contribution in [-0.2, 0) is 11.3 Å². The van der Waals surface area contributed by atoms with Gasteiger partial charge in [0, 0.05) is 23.5 Å². The molecular weight excluding hydrogens is 456 g/mol. The van der Waals surface area contributed by atoms with E-state index in [2.05, 4.69) is 56.2 Å². The summed E-state index contributed by atoms with van der Waals surface area (Å²) in [7, 11) is 0. The van der Waals surface area contributed by atoms with Crippen molar-refractivity contribution in [3.63, 3.8) is 0 Å². The van der Waals surface area contributed by atoms with Gasteiger partial charge in [-0.15, -0.1) is 0 Å². The Morgan fingerprint density at radius 3 is 2.52 bits per heavy atom. The molecule has 0 bridgehead atoms. The Labute approximate surface area is 192 Å². The minimum atomic E-state index is -0.516.